The van der Waals surface area contributed by atoms with Gasteiger partial charge in [-0.1, -0.05) is 33.6 Å². The van der Waals surface area contributed by atoms with Gasteiger partial charge in [-0.15, -0.1) is 5.10 Å². The molecule has 0 spiro atoms. The minimum absolute atomic E-state index is 0.123. The van der Waals surface area contributed by atoms with Crippen molar-refractivity contribution in [3.05, 3.63) is 68.3 Å². The zero-order chi connectivity index (χ0) is 22.1. The van der Waals surface area contributed by atoms with Crippen molar-refractivity contribution in [3.63, 3.8) is 0 Å². The van der Waals surface area contributed by atoms with Crippen LogP contribution in [0.15, 0.2) is 40.9 Å². The van der Waals surface area contributed by atoms with Crippen molar-refractivity contribution in [2.45, 2.75) is 19.4 Å². The molecule has 1 aliphatic heterocycles. The van der Waals surface area contributed by atoms with E-state index in [9.17, 15) is 5.26 Å². The molecule has 9 heteroatoms. The van der Waals surface area contributed by atoms with E-state index >= 15 is 0 Å². The third-order valence-corrected chi connectivity index (χ3v) is 5.96. The summed E-state index contributed by atoms with van der Waals surface area (Å²) >= 11 is 9.65. The third kappa shape index (κ3) is 3.99. The van der Waals surface area contributed by atoms with Gasteiger partial charge < -0.3 is 14.2 Å². The van der Waals surface area contributed by atoms with Crippen LogP contribution in [0.4, 0.5) is 0 Å². The van der Waals surface area contributed by atoms with Gasteiger partial charge in [0.15, 0.2) is 0 Å². The highest BCUT2D eigenvalue weighted by atomic mass is 79.9. The van der Waals surface area contributed by atoms with Gasteiger partial charge in [0.2, 0.25) is 11.8 Å². The van der Waals surface area contributed by atoms with Gasteiger partial charge in [-0.2, -0.15) is 5.26 Å². The molecule has 0 saturated carbocycles. The van der Waals surface area contributed by atoms with Crippen LogP contribution in [0, 0.1) is 29.6 Å². The number of aryl methyl sites for hydroxylation is 1. The lowest BCUT2D eigenvalue weighted by atomic mass is 9.79. The topological polar surface area (TPSA) is 104 Å². The highest BCUT2D eigenvalue weighted by Gasteiger charge is 2.40. The number of ether oxygens (including phenoxy) is 3. The van der Waals surface area contributed by atoms with Crippen molar-refractivity contribution in [2.24, 2.45) is 5.92 Å². The lowest BCUT2D eigenvalue weighted by Gasteiger charge is -2.28. The van der Waals surface area contributed by atoms with E-state index in [1.807, 2.05) is 31.2 Å². The Hall–Kier alpha value is -3.02. The molecule has 158 valence electrons. The maximum Gasteiger partial charge on any atom is 0.243 e. The molecule has 2 aromatic carbocycles. The molecular weight excluding hydrogens is 484 g/mol. The first-order valence-electron chi connectivity index (χ1n) is 9.38. The number of rotatable bonds is 5. The Morgan fingerprint density at radius 1 is 1.29 bits per heavy atom. The number of hydrogen-bond donors (Lipinski definition) is 2. The molecule has 4 rings (SSSR count). The molecule has 2 N–H and O–H groups in total. The van der Waals surface area contributed by atoms with Crippen molar-refractivity contribution in [2.75, 3.05) is 7.11 Å². The Morgan fingerprint density at radius 3 is 2.77 bits per heavy atom. The van der Waals surface area contributed by atoms with E-state index < -0.39 is 11.8 Å². The zero-order valence-corrected chi connectivity index (χ0v) is 19.0. The monoisotopic (exact) mass is 500 g/mol. The van der Waals surface area contributed by atoms with Gasteiger partial charge in [0, 0.05) is 27.2 Å². The van der Waals surface area contributed by atoms with E-state index in [2.05, 4.69) is 32.2 Å². The van der Waals surface area contributed by atoms with E-state index in [4.69, 9.17) is 31.2 Å². The molecule has 3 aromatic rings. The molecule has 2 unspecified atom stereocenters. The maximum atomic E-state index is 9.75. The van der Waals surface area contributed by atoms with E-state index in [-0.39, 0.29) is 12.5 Å². The fourth-order valence-corrected chi connectivity index (χ4v) is 4.42. The number of aromatic amines is 1. The summed E-state index contributed by atoms with van der Waals surface area (Å²) in [6.45, 7) is 2.09. The summed E-state index contributed by atoms with van der Waals surface area (Å²) in [7, 11) is 1.59. The molecule has 7 nitrogen and oxygen atoms in total. The molecule has 2 heterocycles. The highest BCUT2D eigenvalue weighted by molar-refractivity contribution is 9.10. The molecule has 1 aliphatic rings. The Morgan fingerprint density at radius 2 is 2.06 bits per heavy atom. The Labute approximate surface area is 192 Å². The van der Waals surface area contributed by atoms with Gasteiger partial charge in [0.05, 0.1) is 18.2 Å². The van der Waals surface area contributed by atoms with Gasteiger partial charge in [-0.3, -0.25) is 10.5 Å². The predicted molar refractivity (Wildman–Crippen MR) is 119 cm³/mol. The van der Waals surface area contributed by atoms with Crippen LogP contribution in [0.3, 0.4) is 0 Å². The van der Waals surface area contributed by atoms with Gasteiger partial charge in [0.25, 0.3) is 0 Å². The molecule has 0 amide bonds. The van der Waals surface area contributed by atoms with Crippen molar-refractivity contribution in [1.82, 2.24) is 10.2 Å². The number of benzene rings is 2. The number of aromatic nitrogens is 2. The Kier molecular flexibility index (Phi) is 5.90. The molecule has 0 saturated heterocycles. The maximum absolute atomic E-state index is 9.75. The van der Waals surface area contributed by atoms with Crippen LogP contribution in [0.1, 0.15) is 28.3 Å². The van der Waals surface area contributed by atoms with E-state index in [1.165, 1.54) is 0 Å². The highest BCUT2D eigenvalue weighted by Crippen LogP contribution is 2.43. The van der Waals surface area contributed by atoms with Crippen LogP contribution >= 0.6 is 27.5 Å². The van der Waals surface area contributed by atoms with Crippen molar-refractivity contribution >= 4 is 33.4 Å². The van der Waals surface area contributed by atoms with Crippen LogP contribution in [0.25, 0.3) is 0 Å². The molecule has 31 heavy (non-hydrogen) atoms. The number of nitrogens with one attached hydrogen (secondary N) is 2. The summed E-state index contributed by atoms with van der Waals surface area (Å²) in [4.78, 5) is 0. The van der Waals surface area contributed by atoms with Crippen LogP contribution in [0.5, 0.6) is 17.4 Å². The summed E-state index contributed by atoms with van der Waals surface area (Å²) in [5, 5.41) is 25.4. The van der Waals surface area contributed by atoms with Crippen molar-refractivity contribution < 1.29 is 14.2 Å². The second kappa shape index (κ2) is 8.61. The standard InChI is InChI=1S/C22H18BrClN4O3/c1-11-19-20(15(9-25)21(26)31-22(19)28-27-11)12-3-5-17(29-2)13(7-12)10-30-18-6-4-14(23)8-16(18)24/h3-8,15,20,26H,10H2,1-2H3,(H,27,28). The largest absolute Gasteiger partial charge is 0.496 e. The number of hydrogen-bond acceptors (Lipinski definition) is 6. The van der Waals surface area contributed by atoms with Crippen LogP contribution in [0.2, 0.25) is 5.02 Å². The second-order valence-electron chi connectivity index (χ2n) is 7.05. The minimum Gasteiger partial charge on any atom is -0.496 e. The molecule has 0 fully saturated rings. The summed E-state index contributed by atoms with van der Waals surface area (Å²) in [5.41, 5.74) is 3.20. The molecule has 0 radical (unpaired) electrons. The SMILES string of the molecule is COc1ccc(C2c3c(n[nH]c3C)OC(=N)C2C#N)cc1COc1ccc(Br)cc1Cl. The van der Waals surface area contributed by atoms with Crippen LogP contribution in [-0.2, 0) is 6.61 Å². The Bertz CT molecular complexity index is 1200. The van der Waals surface area contributed by atoms with Gasteiger partial charge in [-0.05, 0) is 42.8 Å². The van der Waals surface area contributed by atoms with Crippen molar-refractivity contribution in [1.29, 1.82) is 10.7 Å². The lowest BCUT2D eigenvalue weighted by molar-refractivity contribution is 0.296. The first-order chi connectivity index (χ1) is 14.9. The number of fused-ring (bicyclic) bond motifs is 1. The average molecular weight is 502 g/mol. The quantitative estimate of drug-likeness (QED) is 0.489. The summed E-state index contributed by atoms with van der Waals surface area (Å²) in [6.07, 6.45) is 0. The minimum atomic E-state index is -0.771. The predicted octanol–water partition coefficient (Wildman–Crippen LogP) is 5.36. The summed E-state index contributed by atoms with van der Waals surface area (Å²) < 4.78 is 17.8. The van der Waals surface area contributed by atoms with Gasteiger partial charge in [0.1, 0.15) is 24.0 Å². The molecule has 1 aromatic heterocycles. The number of methoxy groups -OCH3 is 1. The fraction of sp³-hybridized carbons (Fsp3) is 0.227. The molecular formula is C22H18BrClN4O3. The number of halogens is 2. The number of H-pyrrole nitrogens is 1. The van der Waals surface area contributed by atoms with E-state index in [1.54, 1.807) is 19.2 Å². The van der Waals surface area contributed by atoms with Crippen LogP contribution in [-0.4, -0.2) is 23.2 Å². The van der Waals surface area contributed by atoms with E-state index in [0.717, 1.165) is 26.9 Å². The first-order valence-corrected chi connectivity index (χ1v) is 10.6. The normalized spacial score (nSPS) is 17.5. The zero-order valence-electron chi connectivity index (χ0n) is 16.7. The average Bonchev–Trinajstić information content (AvgIpc) is 3.12. The molecule has 2 atom stereocenters. The molecule has 0 aliphatic carbocycles. The van der Waals surface area contributed by atoms with E-state index in [0.29, 0.717) is 22.4 Å². The van der Waals surface area contributed by atoms with Gasteiger partial charge in [-0.25, -0.2) is 0 Å². The third-order valence-electron chi connectivity index (χ3n) is 5.17. The Balaban J connectivity index is 1.72. The summed E-state index contributed by atoms with van der Waals surface area (Å²) in [5.74, 6) is 0.230. The van der Waals surface area contributed by atoms with Crippen LogP contribution < -0.4 is 14.2 Å². The van der Waals surface area contributed by atoms with Gasteiger partial charge >= 0.3 is 0 Å². The van der Waals surface area contributed by atoms with Crippen molar-refractivity contribution in [3.8, 4) is 23.4 Å². The first kappa shape index (κ1) is 21.2. The second-order valence-corrected chi connectivity index (χ2v) is 8.38. The fourth-order valence-electron chi connectivity index (χ4n) is 3.69. The molecule has 0 bridgehead atoms. The smallest absolute Gasteiger partial charge is 0.243 e. The lowest BCUT2D eigenvalue weighted by Crippen LogP contribution is -2.31. The number of nitriles is 1. The summed E-state index contributed by atoms with van der Waals surface area (Å²) in [6, 6.07) is 13.3. The number of nitrogens with zero attached hydrogens (tertiary/aromatic N) is 2.